The van der Waals surface area contributed by atoms with Crippen LogP contribution in [0.15, 0.2) is 70.2 Å². The number of ether oxygens (including phenoxy) is 1. The van der Waals surface area contributed by atoms with E-state index in [2.05, 4.69) is 10.5 Å². The second kappa shape index (κ2) is 8.33. The van der Waals surface area contributed by atoms with Crippen LogP contribution in [0.3, 0.4) is 0 Å². The summed E-state index contributed by atoms with van der Waals surface area (Å²) in [5.41, 5.74) is 3.71. The molecular weight excluding hydrogens is 368 g/mol. The van der Waals surface area contributed by atoms with E-state index in [-0.39, 0.29) is 0 Å². The Morgan fingerprint density at radius 1 is 1.04 bits per heavy atom. The Morgan fingerprint density at radius 3 is 2.48 bits per heavy atom. The van der Waals surface area contributed by atoms with Crippen LogP contribution in [-0.4, -0.2) is 25.2 Å². The monoisotopic (exact) mass is 382 g/mol. The quantitative estimate of drug-likeness (QED) is 0.408. The number of halogens is 1. The predicted molar refractivity (Wildman–Crippen MR) is 102 cm³/mol. The van der Waals surface area contributed by atoms with Crippen LogP contribution in [0.1, 0.15) is 26.5 Å². The second-order valence-corrected chi connectivity index (χ2v) is 5.83. The molecule has 1 heterocycles. The zero-order valence-corrected chi connectivity index (χ0v) is 15.1. The van der Waals surface area contributed by atoms with Crippen molar-refractivity contribution in [2.24, 2.45) is 5.10 Å². The fraction of sp³-hybridized carbons (Fsp3) is 0.0500. The first-order chi connectivity index (χ1) is 13.1. The van der Waals surface area contributed by atoms with Crippen LogP contribution in [0.5, 0.6) is 0 Å². The Hall–Kier alpha value is -3.38. The average Bonchev–Trinajstić information content (AvgIpc) is 3.16. The van der Waals surface area contributed by atoms with Crippen molar-refractivity contribution in [2.75, 3.05) is 7.11 Å². The molecule has 0 bridgehead atoms. The maximum absolute atomic E-state index is 12.0. The van der Waals surface area contributed by atoms with Gasteiger partial charge in [0.1, 0.15) is 11.5 Å². The van der Waals surface area contributed by atoms with Crippen LogP contribution in [0, 0.1) is 0 Å². The molecule has 0 spiro atoms. The van der Waals surface area contributed by atoms with Crippen LogP contribution < -0.4 is 5.43 Å². The number of carbonyl (C=O) groups is 2. The summed E-state index contributed by atoms with van der Waals surface area (Å²) in [5, 5.41) is 4.21. The van der Waals surface area contributed by atoms with E-state index in [0.717, 1.165) is 0 Å². The Kier molecular flexibility index (Phi) is 5.68. The topological polar surface area (TPSA) is 80.9 Å². The van der Waals surface area contributed by atoms with E-state index in [1.165, 1.54) is 13.3 Å². The van der Waals surface area contributed by atoms with Crippen LogP contribution in [0.25, 0.3) is 11.3 Å². The van der Waals surface area contributed by atoms with Gasteiger partial charge in [0.2, 0.25) is 0 Å². The lowest BCUT2D eigenvalue weighted by Crippen LogP contribution is -2.17. The summed E-state index contributed by atoms with van der Waals surface area (Å²) >= 11 is 5.97. The Balaban J connectivity index is 1.74. The minimum atomic E-state index is -0.454. The molecule has 0 saturated heterocycles. The molecule has 3 rings (SSSR count). The number of hydrogen-bond donors (Lipinski definition) is 1. The lowest BCUT2D eigenvalue weighted by molar-refractivity contribution is 0.0601. The minimum absolute atomic E-state index is 0.323. The van der Waals surface area contributed by atoms with Gasteiger partial charge in [-0.3, -0.25) is 4.79 Å². The van der Waals surface area contributed by atoms with Gasteiger partial charge in [-0.05, 0) is 30.3 Å². The molecule has 0 radical (unpaired) electrons. The Labute approximate surface area is 160 Å². The number of esters is 1. The van der Waals surface area contributed by atoms with Gasteiger partial charge in [0.05, 0.1) is 29.5 Å². The van der Waals surface area contributed by atoms with Crippen molar-refractivity contribution in [3.05, 3.63) is 82.6 Å². The molecule has 0 aliphatic carbocycles. The largest absolute Gasteiger partial charge is 0.465 e. The summed E-state index contributed by atoms with van der Waals surface area (Å²) in [6.07, 6.45) is 1.36. The molecule has 3 aromatic rings. The molecule has 7 heteroatoms. The van der Waals surface area contributed by atoms with Gasteiger partial charge in [-0.15, -0.1) is 0 Å². The molecule has 0 fully saturated rings. The summed E-state index contributed by atoms with van der Waals surface area (Å²) in [7, 11) is 1.32. The zero-order chi connectivity index (χ0) is 19.2. The van der Waals surface area contributed by atoms with Crippen LogP contribution >= 0.6 is 11.6 Å². The van der Waals surface area contributed by atoms with Crippen molar-refractivity contribution in [1.82, 2.24) is 5.43 Å². The van der Waals surface area contributed by atoms with E-state index in [9.17, 15) is 9.59 Å². The number of nitrogens with one attached hydrogen (secondary N) is 1. The van der Waals surface area contributed by atoms with Gasteiger partial charge < -0.3 is 9.15 Å². The highest BCUT2D eigenvalue weighted by Crippen LogP contribution is 2.26. The van der Waals surface area contributed by atoms with Crippen LogP contribution in [-0.2, 0) is 4.74 Å². The average molecular weight is 383 g/mol. The third-order valence-electron chi connectivity index (χ3n) is 3.70. The predicted octanol–water partition coefficient (Wildman–Crippen LogP) is 4.15. The smallest absolute Gasteiger partial charge is 0.338 e. The molecule has 0 aliphatic heterocycles. The fourth-order valence-corrected chi connectivity index (χ4v) is 2.63. The van der Waals surface area contributed by atoms with E-state index in [4.69, 9.17) is 20.8 Å². The van der Waals surface area contributed by atoms with Gasteiger partial charge in [-0.1, -0.05) is 41.9 Å². The third kappa shape index (κ3) is 4.24. The van der Waals surface area contributed by atoms with Crippen LogP contribution in [0.2, 0.25) is 5.02 Å². The number of hydrazone groups is 1. The summed E-state index contributed by atoms with van der Waals surface area (Å²) in [6.45, 7) is 0. The molecule has 1 N–H and O–H groups in total. The maximum atomic E-state index is 12.0. The number of rotatable bonds is 5. The highest BCUT2D eigenvalue weighted by molar-refractivity contribution is 6.33. The van der Waals surface area contributed by atoms with Gasteiger partial charge in [0.25, 0.3) is 5.91 Å². The Bertz CT molecular complexity index is 1010. The van der Waals surface area contributed by atoms with E-state index in [0.29, 0.717) is 33.2 Å². The van der Waals surface area contributed by atoms with Crippen molar-refractivity contribution in [2.45, 2.75) is 0 Å². The van der Waals surface area contributed by atoms with Gasteiger partial charge in [-0.25, -0.2) is 10.2 Å². The van der Waals surface area contributed by atoms with Crippen molar-refractivity contribution in [1.29, 1.82) is 0 Å². The first-order valence-electron chi connectivity index (χ1n) is 7.95. The molecule has 0 saturated carbocycles. The van der Waals surface area contributed by atoms with E-state index >= 15 is 0 Å². The normalized spacial score (nSPS) is 10.7. The maximum Gasteiger partial charge on any atom is 0.338 e. The van der Waals surface area contributed by atoms with Crippen molar-refractivity contribution in [3.8, 4) is 11.3 Å². The number of methoxy groups -OCH3 is 1. The lowest BCUT2D eigenvalue weighted by Gasteiger charge is -2.04. The summed E-state index contributed by atoms with van der Waals surface area (Å²) in [5.74, 6) is 0.00268. The number of nitrogens with zero attached hydrogens (tertiary/aromatic N) is 1. The number of benzene rings is 2. The number of amides is 1. The number of carbonyl (C=O) groups excluding carboxylic acids is 2. The molecule has 6 nitrogen and oxygen atoms in total. The van der Waals surface area contributed by atoms with Gasteiger partial charge in [-0.2, -0.15) is 5.10 Å². The number of furan rings is 1. The Morgan fingerprint density at radius 2 is 1.74 bits per heavy atom. The number of hydrogen-bond acceptors (Lipinski definition) is 5. The molecule has 0 atom stereocenters. The van der Waals surface area contributed by atoms with Crippen molar-refractivity contribution in [3.63, 3.8) is 0 Å². The van der Waals surface area contributed by atoms with E-state index in [1.54, 1.807) is 60.7 Å². The molecule has 2 aromatic carbocycles. The molecule has 0 aliphatic rings. The highest BCUT2D eigenvalue weighted by atomic mass is 35.5. The first-order valence-corrected chi connectivity index (χ1v) is 8.33. The van der Waals surface area contributed by atoms with Crippen molar-refractivity contribution < 1.29 is 18.7 Å². The van der Waals surface area contributed by atoms with Crippen molar-refractivity contribution >= 4 is 29.7 Å². The van der Waals surface area contributed by atoms with Crippen LogP contribution in [0.4, 0.5) is 0 Å². The third-order valence-corrected chi connectivity index (χ3v) is 4.03. The highest BCUT2D eigenvalue weighted by Gasteiger charge is 2.15. The first kappa shape index (κ1) is 18.4. The summed E-state index contributed by atoms with van der Waals surface area (Å²) < 4.78 is 10.5. The second-order valence-electron chi connectivity index (χ2n) is 5.42. The summed E-state index contributed by atoms with van der Waals surface area (Å²) in [4.78, 5) is 23.9. The van der Waals surface area contributed by atoms with E-state index in [1.807, 2.05) is 0 Å². The molecule has 1 amide bonds. The molecule has 27 heavy (non-hydrogen) atoms. The molecule has 0 unspecified atom stereocenters. The fourth-order valence-electron chi connectivity index (χ4n) is 2.41. The van der Waals surface area contributed by atoms with Gasteiger partial charge in [0.15, 0.2) is 0 Å². The minimum Gasteiger partial charge on any atom is -0.465 e. The molecule has 136 valence electrons. The SMILES string of the molecule is COC(=O)c1ccccc1-c1ccc(/C=N\NC(=O)c2ccccc2Cl)o1. The standard InChI is InChI=1S/C20H15ClN2O4/c1-26-20(25)15-7-3-2-6-14(15)18-11-10-13(27-18)12-22-23-19(24)16-8-4-5-9-17(16)21/h2-12H,1H3,(H,23,24)/b22-12-. The lowest BCUT2D eigenvalue weighted by atomic mass is 10.1. The molecule has 1 aromatic heterocycles. The van der Waals surface area contributed by atoms with Gasteiger partial charge >= 0.3 is 5.97 Å². The zero-order valence-electron chi connectivity index (χ0n) is 14.3. The summed E-state index contributed by atoms with van der Waals surface area (Å²) in [6, 6.07) is 17.0. The van der Waals surface area contributed by atoms with E-state index < -0.39 is 11.9 Å². The van der Waals surface area contributed by atoms with Gasteiger partial charge in [0, 0.05) is 5.56 Å². The molecular formula is C20H15ClN2O4.